The van der Waals surface area contributed by atoms with Crippen molar-refractivity contribution >= 4 is 21.9 Å². The van der Waals surface area contributed by atoms with Crippen molar-refractivity contribution in [2.24, 2.45) is 0 Å². The highest BCUT2D eigenvalue weighted by Gasteiger charge is 2.49. The Balaban J connectivity index is 1.07. The Morgan fingerprint density at radius 3 is 1.49 bits per heavy atom. The fourth-order valence-electron chi connectivity index (χ4n) is 10.9. The number of benzene rings is 10. The van der Waals surface area contributed by atoms with Crippen molar-refractivity contribution in [3.8, 4) is 90.2 Å². The maximum absolute atomic E-state index is 7.03. The highest BCUT2D eigenvalue weighted by Crippen LogP contribution is 2.62. The minimum atomic E-state index is -0.884. The zero-order chi connectivity index (χ0) is 45.5. The van der Waals surface area contributed by atoms with Crippen LogP contribution in [0.15, 0.2) is 241 Å². The normalized spacial score (nSPS) is 14.3. The second-order valence-corrected chi connectivity index (χ2v) is 17.8. The molecule has 0 fully saturated rings. The van der Waals surface area contributed by atoms with E-state index in [1.807, 2.05) is 30.3 Å². The van der Waals surface area contributed by atoms with Gasteiger partial charge in [-0.3, -0.25) is 0 Å². The summed E-state index contributed by atoms with van der Waals surface area (Å²) in [5.74, 6) is 3.34. The van der Waals surface area contributed by atoms with E-state index in [9.17, 15) is 0 Å². The van der Waals surface area contributed by atoms with E-state index in [0.717, 1.165) is 117 Å². The van der Waals surface area contributed by atoms with Crippen LogP contribution in [-0.4, -0.2) is 15.0 Å². The molecular weight excluding hydrogens is 843 g/mol. The number of hydrogen-bond donors (Lipinski definition) is 0. The van der Waals surface area contributed by atoms with E-state index in [1.54, 1.807) is 0 Å². The summed E-state index contributed by atoms with van der Waals surface area (Å²) in [7, 11) is 0. The van der Waals surface area contributed by atoms with E-state index in [4.69, 9.17) is 24.1 Å². The second-order valence-electron chi connectivity index (χ2n) is 17.8. The molecule has 10 aromatic carbocycles. The molecule has 0 amide bonds. The fourth-order valence-corrected chi connectivity index (χ4v) is 10.9. The molecule has 0 saturated heterocycles. The van der Waals surface area contributed by atoms with E-state index < -0.39 is 5.41 Å². The topological polar surface area (TPSA) is 61.0 Å². The van der Waals surface area contributed by atoms with E-state index in [0.29, 0.717) is 17.5 Å². The summed E-state index contributed by atoms with van der Waals surface area (Å²) in [6.07, 6.45) is 0. The minimum Gasteiger partial charge on any atom is -0.457 e. The quantitative estimate of drug-likeness (QED) is 0.172. The van der Waals surface area contributed by atoms with E-state index in [1.165, 1.54) is 0 Å². The molecule has 5 nitrogen and oxygen atoms in total. The molecule has 322 valence electrons. The average molecular weight is 882 g/mol. The van der Waals surface area contributed by atoms with Crippen LogP contribution in [0.1, 0.15) is 22.3 Å². The lowest BCUT2D eigenvalue weighted by molar-refractivity contribution is 0.435. The molecule has 1 aliphatic carbocycles. The van der Waals surface area contributed by atoms with Gasteiger partial charge in [0.2, 0.25) is 0 Å². The predicted molar refractivity (Wildman–Crippen MR) is 277 cm³/mol. The van der Waals surface area contributed by atoms with Crippen LogP contribution in [0, 0.1) is 0 Å². The van der Waals surface area contributed by atoms with Crippen LogP contribution in [0.25, 0.3) is 101 Å². The Hall–Kier alpha value is -9.19. The number of para-hydroxylation sites is 2. The molecular formula is C64H39N3O2. The van der Waals surface area contributed by atoms with Gasteiger partial charge in [-0.05, 0) is 104 Å². The van der Waals surface area contributed by atoms with Crippen molar-refractivity contribution < 1.29 is 9.15 Å². The maximum atomic E-state index is 7.03. The van der Waals surface area contributed by atoms with Gasteiger partial charge in [0.15, 0.2) is 17.5 Å². The molecule has 1 unspecified atom stereocenters. The summed E-state index contributed by atoms with van der Waals surface area (Å²) in [4.78, 5) is 16.1. The summed E-state index contributed by atoms with van der Waals surface area (Å²) >= 11 is 0. The third kappa shape index (κ3) is 6.14. The van der Waals surface area contributed by atoms with Crippen LogP contribution in [0.2, 0.25) is 0 Å². The third-order valence-corrected chi connectivity index (χ3v) is 14.0. The van der Waals surface area contributed by atoms with Crippen LogP contribution < -0.4 is 4.74 Å². The Bertz CT molecular complexity index is 3940. The molecule has 14 rings (SSSR count). The van der Waals surface area contributed by atoms with Crippen molar-refractivity contribution in [1.82, 2.24) is 15.0 Å². The molecule has 0 saturated carbocycles. The Kier molecular flexibility index (Phi) is 8.73. The molecule has 0 bridgehead atoms. The van der Waals surface area contributed by atoms with Gasteiger partial charge >= 0.3 is 0 Å². The summed E-state index contributed by atoms with van der Waals surface area (Å²) in [5.41, 5.74) is 16.6. The van der Waals surface area contributed by atoms with E-state index >= 15 is 0 Å². The molecule has 1 aliphatic heterocycles. The minimum absolute atomic E-state index is 0.572. The van der Waals surface area contributed by atoms with Crippen LogP contribution in [0.3, 0.4) is 0 Å². The Labute approximate surface area is 398 Å². The van der Waals surface area contributed by atoms with Crippen LogP contribution in [0.5, 0.6) is 11.5 Å². The van der Waals surface area contributed by atoms with Crippen molar-refractivity contribution in [3.05, 3.63) is 259 Å². The standard InChI is InChI=1S/C64H39N3O2/c1-4-18-40(19-5-1)44-34-45(41-20-6-2-7-21-41)36-46(35-44)63-66-61(42-22-8-3-9-23-42)65-62(67-63)43-32-33-50-48-25-11-10-24-47(48)49-26-12-14-28-53(49)64(55(50)37-43)54-29-15-17-31-58(54)69-60-38-52-51-27-13-16-30-57(51)68-59(52)39-56(60)64/h1-39H. The second kappa shape index (κ2) is 15.4. The number of furan rings is 1. The van der Waals surface area contributed by atoms with E-state index in [-0.39, 0.29) is 0 Å². The van der Waals surface area contributed by atoms with Crippen LogP contribution >= 0.6 is 0 Å². The van der Waals surface area contributed by atoms with Crippen molar-refractivity contribution in [3.63, 3.8) is 0 Å². The first-order valence-electron chi connectivity index (χ1n) is 23.3. The van der Waals surface area contributed by atoms with Gasteiger partial charge in [-0.15, -0.1) is 0 Å². The lowest BCUT2D eigenvalue weighted by Crippen LogP contribution is -2.34. The third-order valence-electron chi connectivity index (χ3n) is 14.0. The predicted octanol–water partition coefficient (Wildman–Crippen LogP) is 16.2. The molecule has 69 heavy (non-hydrogen) atoms. The SMILES string of the molecule is c1ccc(-c2cc(-c3ccccc3)cc(-c3nc(-c4ccccc4)nc(-c4ccc5c(c4)C4(c6ccccc6Oc6cc7c(cc64)oc4ccccc47)c4ccccc4-c4ccccc4-5)n3)c2)cc1. The van der Waals surface area contributed by atoms with Gasteiger partial charge in [-0.1, -0.05) is 188 Å². The zero-order valence-corrected chi connectivity index (χ0v) is 37.2. The largest absolute Gasteiger partial charge is 0.457 e. The van der Waals surface area contributed by atoms with Crippen LogP contribution in [-0.2, 0) is 5.41 Å². The molecule has 2 aliphatic rings. The number of ether oxygens (including phenoxy) is 1. The number of nitrogens with zero attached hydrogens (tertiary/aromatic N) is 3. The van der Waals surface area contributed by atoms with Crippen molar-refractivity contribution in [1.29, 1.82) is 0 Å². The van der Waals surface area contributed by atoms with Gasteiger partial charge in [0.25, 0.3) is 0 Å². The molecule has 5 heteroatoms. The summed E-state index contributed by atoms with van der Waals surface area (Å²) < 4.78 is 13.7. The van der Waals surface area contributed by atoms with Crippen molar-refractivity contribution in [2.75, 3.05) is 0 Å². The van der Waals surface area contributed by atoms with Gasteiger partial charge < -0.3 is 9.15 Å². The summed E-state index contributed by atoms with van der Waals surface area (Å²) in [6.45, 7) is 0. The molecule has 3 heterocycles. The zero-order valence-electron chi connectivity index (χ0n) is 37.2. The van der Waals surface area contributed by atoms with Gasteiger partial charge in [0.05, 0.1) is 5.41 Å². The number of rotatable bonds is 5. The maximum Gasteiger partial charge on any atom is 0.164 e. The molecule has 12 aromatic rings. The molecule has 1 spiro atoms. The highest BCUT2D eigenvalue weighted by atomic mass is 16.5. The first-order valence-corrected chi connectivity index (χ1v) is 23.3. The van der Waals surface area contributed by atoms with Gasteiger partial charge in [-0.25, -0.2) is 15.0 Å². The monoisotopic (exact) mass is 881 g/mol. The molecule has 0 radical (unpaired) electrons. The molecule has 2 aromatic heterocycles. The summed E-state index contributed by atoms with van der Waals surface area (Å²) in [6, 6.07) is 83.4. The number of hydrogen-bond acceptors (Lipinski definition) is 5. The summed E-state index contributed by atoms with van der Waals surface area (Å²) in [5, 5.41) is 2.06. The fraction of sp³-hybridized carbons (Fsp3) is 0.0156. The molecule has 0 N–H and O–H groups in total. The van der Waals surface area contributed by atoms with Crippen molar-refractivity contribution in [2.45, 2.75) is 5.41 Å². The number of aromatic nitrogens is 3. The first kappa shape index (κ1) is 39.0. The first-order chi connectivity index (χ1) is 34.2. The Morgan fingerprint density at radius 1 is 0.275 bits per heavy atom. The number of fused-ring (bicyclic) bond motifs is 14. The smallest absolute Gasteiger partial charge is 0.164 e. The average Bonchev–Trinajstić information content (AvgIpc) is 3.75. The van der Waals surface area contributed by atoms with Gasteiger partial charge in [0.1, 0.15) is 22.7 Å². The Morgan fingerprint density at radius 2 is 0.797 bits per heavy atom. The lowest BCUT2D eigenvalue weighted by atomic mass is 9.62. The van der Waals surface area contributed by atoms with Gasteiger partial charge in [0, 0.05) is 38.6 Å². The van der Waals surface area contributed by atoms with Gasteiger partial charge in [-0.2, -0.15) is 0 Å². The van der Waals surface area contributed by atoms with E-state index in [2.05, 4.69) is 206 Å². The van der Waals surface area contributed by atoms with Crippen LogP contribution in [0.4, 0.5) is 0 Å². The lowest BCUT2D eigenvalue weighted by Gasteiger charge is -2.42. The molecule has 1 atom stereocenters. The highest BCUT2D eigenvalue weighted by molar-refractivity contribution is 6.06.